The van der Waals surface area contributed by atoms with E-state index in [2.05, 4.69) is 5.32 Å². The topological polar surface area (TPSA) is 92.5 Å². The number of nitrogens with zero attached hydrogens (tertiary/aromatic N) is 1. The molecule has 3 N–H and O–H groups in total. The van der Waals surface area contributed by atoms with E-state index in [1.54, 1.807) is 5.38 Å². The molecule has 2 unspecified atom stereocenters. The van der Waals surface area contributed by atoms with Crippen LogP contribution in [0.2, 0.25) is 0 Å². The molecule has 22 heavy (non-hydrogen) atoms. The summed E-state index contributed by atoms with van der Waals surface area (Å²) in [5.74, 6) is -0.0430. The lowest BCUT2D eigenvalue weighted by Crippen LogP contribution is -2.40. The minimum Gasteiger partial charge on any atom is -0.348 e. The van der Waals surface area contributed by atoms with Crippen molar-refractivity contribution in [2.45, 2.75) is 30.2 Å². The summed E-state index contributed by atoms with van der Waals surface area (Å²) in [6.07, 6.45) is 2.95. The Bertz CT molecular complexity index is 616. The zero-order valence-corrected chi connectivity index (χ0v) is 15.1. The first-order valence-corrected chi connectivity index (χ1v) is 9.21. The number of rotatable bonds is 5. The van der Waals surface area contributed by atoms with Gasteiger partial charge in [0.1, 0.15) is 9.77 Å². The standard InChI is InChI=1S/C13H21N3O3S2.ClH/c1-16(2)21(18,19)11-6-7-20-12(11)13(17)15-10-5-3-4-9(10)8-14;/h6-7,9-10H,3-5,8,14H2,1-2H3,(H,15,17);1H. The lowest BCUT2D eigenvalue weighted by molar-refractivity contribution is 0.0930. The highest BCUT2D eigenvalue weighted by Gasteiger charge is 2.31. The molecule has 1 aromatic heterocycles. The number of nitrogens with two attached hydrogens (primary N) is 1. The van der Waals surface area contributed by atoms with Gasteiger partial charge in [0.2, 0.25) is 10.0 Å². The molecule has 1 saturated carbocycles. The van der Waals surface area contributed by atoms with Gasteiger partial charge in [0.25, 0.3) is 5.91 Å². The summed E-state index contributed by atoms with van der Waals surface area (Å²) in [6, 6.07) is 1.52. The van der Waals surface area contributed by atoms with Crippen molar-refractivity contribution >= 4 is 39.7 Å². The second-order valence-electron chi connectivity index (χ2n) is 5.41. The van der Waals surface area contributed by atoms with E-state index in [9.17, 15) is 13.2 Å². The normalized spacial score (nSPS) is 21.6. The summed E-state index contributed by atoms with van der Waals surface area (Å²) in [7, 11) is -0.695. The number of hydrogen-bond donors (Lipinski definition) is 2. The molecule has 6 nitrogen and oxygen atoms in total. The van der Waals surface area contributed by atoms with Crippen LogP contribution < -0.4 is 11.1 Å². The van der Waals surface area contributed by atoms with E-state index >= 15 is 0 Å². The Morgan fingerprint density at radius 3 is 2.73 bits per heavy atom. The summed E-state index contributed by atoms with van der Waals surface area (Å²) >= 11 is 1.15. The number of thiophene rings is 1. The zero-order valence-electron chi connectivity index (χ0n) is 12.6. The molecule has 9 heteroatoms. The van der Waals surface area contributed by atoms with Gasteiger partial charge in [-0.2, -0.15) is 0 Å². The molecule has 0 saturated heterocycles. The summed E-state index contributed by atoms with van der Waals surface area (Å²) in [4.78, 5) is 12.7. The van der Waals surface area contributed by atoms with E-state index in [1.165, 1.54) is 20.2 Å². The van der Waals surface area contributed by atoms with Crippen molar-refractivity contribution in [3.05, 3.63) is 16.3 Å². The van der Waals surface area contributed by atoms with E-state index in [1.807, 2.05) is 0 Å². The van der Waals surface area contributed by atoms with Crippen molar-refractivity contribution in [2.24, 2.45) is 11.7 Å². The van der Waals surface area contributed by atoms with Crippen LogP contribution in [-0.4, -0.2) is 45.3 Å². The number of hydrogen-bond acceptors (Lipinski definition) is 5. The lowest BCUT2D eigenvalue weighted by atomic mass is 10.0. The Kier molecular flexibility index (Phi) is 6.82. The van der Waals surface area contributed by atoms with Crippen LogP contribution in [0.25, 0.3) is 0 Å². The molecule has 1 amide bonds. The molecule has 1 aliphatic rings. The van der Waals surface area contributed by atoms with E-state index in [-0.39, 0.29) is 40.0 Å². The minimum absolute atomic E-state index is 0. The number of sulfonamides is 1. The maximum absolute atomic E-state index is 12.4. The molecular formula is C13H22ClN3O3S2. The maximum atomic E-state index is 12.4. The fraction of sp³-hybridized carbons (Fsp3) is 0.615. The molecule has 1 aliphatic carbocycles. The number of carbonyl (C=O) groups is 1. The average Bonchev–Trinajstić information content (AvgIpc) is 3.06. The van der Waals surface area contributed by atoms with Gasteiger partial charge in [-0.1, -0.05) is 6.42 Å². The molecule has 0 aliphatic heterocycles. The number of carbonyl (C=O) groups excluding carboxylic acids is 1. The molecule has 126 valence electrons. The predicted molar refractivity (Wildman–Crippen MR) is 90.1 cm³/mol. The Hall–Kier alpha value is -0.670. The van der Waals surface area contributed by atoms with E-state index in [0.717, 1.165) is 34.9 Å². The van der Waals surface area contributed by atoms with E-state index in [4.69, 9.17) is 5.73 Å². The highest BCUT2D eigenvalue weighted by atomic mass is 35.5. The molecule has 0 spiro atoms. The first-order chi connectivity index (χ1) is 9.87. The fourth-order valence-corrected chi connectivity index (χ4v) is 4.80. The molecule has 0 radical (unpaired) electrons. The Morgan fingerprint density at radius 2 is 2.14 bits per heavy atom. The highest BCUT2D eigenvalue weighted by Crippen LogP contribution is 2.27. The number of amides is 1. The molecule has 2 rings (SSSR count). The van der Waals surface area contributed by atoms with Crippen LogP contribution in [-0.2, 0) is 10.0 Å². The third kappa shape index (κ3) is 3.80. The van der Waals surface area contributed by atoms with Crippen molar-refractivity contribution in [1.82, 2.24) is 9.62 Å². The summed E-state index contributed by atoms with van der Waals surface area (Å²) < 4.78 is 25.5. The largest absolute Gasteiger partial charge is 0.348 e. The predicted octanol–water partition coefficient (Wildman–Crippen LogP) is 1.28. The third-order valence-corrected chi connectivity index (χ3v) is 6.77. The van der Waals surface area contributed by atoms with Gasteiger partial charge in [-0.05, 0) is 36.8 Å². The van der Waals surface area contributed by atoms with Crippen LogP contribution in [0.5, 0.6) is 0 Å². The summed E-state index contributed by atoms with van der Waals surface area (Å²) in [6.45, 7) is 0.540. The lowest BCUT2D eigenvalue weighted by Gasteiger charge is -2.19. The summed E-state index contributed by atoms with van der Waals surface area (Å²) in [5, 5.41) is 4.57. The minimum atomic E-state index is -3.60. The van der Waals surface area contributed by atoms with Crippen molar-refractivity contribution in [3.63, 3.8) is 0 Å². The smallest absolute Gasteiger partial charge is 0.262 e. The average molecular weight is 368 g/mol. The fourth-order valence-electron chi connectivity index (χ4n) is 2.61. The van der Waals surface area contributed by atoms with Crippen molar-refractivity contribution in [3.8, 4) is 0 Å². The number of nitrogens with one attached hydrogen (secondary N) is 1. The van der Waals surface area contributed by atoms with Crippen LogP contribution in [0.4, 0.5) is 0 Å². The molecule has 0 aromatic carbocycles. The van der Waals surface area contributed by atoms with Crippen LogP contribution in [0.15, 0.2) is 16.3 Å². The quantitative estimate of drug-likeness (QED) is 0.819. The molecule has 1 heterocycles. The first kappa shape index (κ1) is 19.4. The molecule has 2 atom stereocenters. The maximum Gasteiger partial charge on any atom is 0.262 e. The van der Waals surface area contributed by atoms with Crippen molar-refractivity contribution in [2.75, 3.05) is 20.6 Å². The monoisotopic (exact) mass is 367 g/mol. The Morgan fingerprint density at radius 1 is 1.45 bits per heavy atom. The second-order valence-corrected chi connectivity index (χ2v) is 8.44. The van der Waals surface area contributed by atoms with Gasteiger partial charge in [0, 0.05) is 20.1 Å². The van der Waals surface area contributed by atoms with Gasteiger partial charge in [-0.3, -0.25) is 4.79 Å². The molecule has 1 aromatic rings. The van der Waals surface area contributed by atoms with Gasteiger partial charge < -0.3 is 11.1 Å². The van der Waals surface area contributed by atoms with Crippen LogP contribution in [0.3, 0.4) is 0 Å². The Labute approximate surface area is 141 Å². The van der Waals surface area contributed by atoms with E-state index < -0.39 is 10.0 Å². The second kappa shape index (κ2) is 7.74. The van der Waals surface area contributed by atoms with E-state index in [0.29, 0.717) is 6.54 Å². The van der Waals surface area contributed by atoms with Gasteiger partial charge >= 0.3 is 0 Å². The number of halogens is 1. The van der Waals surface area contributed by atoms with Crippen LogP contribution in [0, 0.1) is 5.92 Å². The van der Waals surface area contributed by atoms with Crippen molar-refractivity contribution < 1.29 is 13.2 Å². The van der Waals surface area contributed by atoms with Gasteiger partial charge in [0.05, 0.1) is 0 Å². The SMILES string of the molecule is CN(C)S(=O)(=O)c1ccsc1C(=O)NC1CCCC1CN.Cl. The first-order valence-electron chi connectivity index (χ1n) is 6.89. The van der Waals surface area contributed by atoms with Crippen molar-refractivity contribution in [1.29, 1.82) is 0 Å². The molecule has 1 fully saturated rings. The third-order valence-electron chi connectivity index (χ3n) is 3.87. The van der Waals surface area contributed by atoms with Gasteiger partial charge in [-0.25, -0.2) is 12.7 Å². The van der Waals surface area contributed by atoms with Gasteiger partial charge in [0.15, 0.2) is 0 Å². The van der Waals surface area contributed by atoms with Crippen LogP contribution in [0.1, 0.15) is 28.9 Å². The molecule has 0 bridgehead atoms. The summed E-state index contributed by atoms with van der Waals surface area (Å²) in [5.41, 5.74) is 5.71. The van der Waals surface area contributed by atoms with Gasteiger partial charge in [-0.15, -0.1) is 23.7 Å². The van der Waals surface area contributed by atoms with Crippen LogP contribution >= 0.6 is 23.7 Å². The Balaban J connectivity index is 0.00000242. The zero-order chi connectivity index (χ0) is 15.6. The highest BCUT2D eigenvalue weighted by molar-refractivity contribution is 7.89. The molecular weight excluding hydrogens is 346 g/mol.